The smallest absolute Gasteiger partial charge is 0.392 e. The number of alkyl halides is 6. The standard InChI is InChI=1S/C19H25NO.C9H6F6O/c1-20(18-10-11-19(21)13-18)14-15-6-5-9-17(12-15)16-7-3-2-4-8-16;10-8(11,12)6-1-5(4-16)2-7(3-6)9(13,14)15/h2-4,7-8,13,15,17H,5-6,9-12,14H2,1H3;1-3,16H,4H2. The first-order valence-electron chi connectivity index (χ1n) is 12.3. The molecule has 2 aromatic rings. The maximum Gasteiger partial charge on any atom is 0.416 e. The highest BCUT2D eigenvalue weighted by Crippen LogP contribution is 2.38. The fraction of sp³-hybridized carbons (Fsp3) is 0.464. The van der Waals surface area contributed by atoms with E-state index < -0.39 is 35.6 Å². The molecule has 202 valence electrons. The van der Waals surface area contributed by atoms with E-state index in [9.17, 15) is 31.1 Å². The third-order valence-corrected chi connectivity index (χ3v) is 6.86. The molecule has 37 heavy (non-hydrogen) atoms. The summed E-state index contributed by atoms with van der Waals surface area (Å²) in [7, 11) is 2.15. The molecule has 2 unspecified atom stereocenters. The van der Waals surface area contributed by atoms with E-state index in [1.165, 1.54) is 36.9 Å². The van der Waals surface area contributed by atoms with Crippen molar-refractivity contribution >= 4 is 5.78 Å². The van der Waals surface area contributed by atoms with Crippen LogP contribution in [0.1, 0.15) is 66.7 Å². The predicted octanol–water partition coefficient (Wildman–Crippen LogP) is 7.36. The summed E-state index contributed by atoms with van der Waals surface area (Å²) in [5, 5.41) is 8.58. The van der Waals surface area contributed by atoms with Crippen molar-refractivity contribution in [1.82, 2.24) is 4.90 Å². The van der Waals surface area contributed by atoms with Gasteiger partial charge < -0.3 is 10.0 Å². The second-order valence-corrected chi connectivity index (χ2v) is 9.69. The average Bonchev–Trinajstić information content (AvgIpc) is 3.30. The van der Waals surface area contributed by atoms with Gasteiger partial charge in [0, 0.05) is 31.8 Å². The molecule has 0 amide bonds. The average molecular weight is 528 g/mol. The van der Waals surface area contributed by atoms with Crippen LogP contribution in [0.5, 0.6) is 0 Å². The largest absolute Gasteiger partial charge is 0.416 e. The number of halogens is 6. The van der Waals surface area contributed by atoms with Crippen molar-refractivity contribution in [2.75, 3.05) is 13.6 Å². The number of carbonyl (C=O) groups is 1. The van der Waals surface area contributed by atoms with Gasteiger partial charge in [0.05, 0.1) is 17.7 Å². The molecule has 2 atom stereocenters. The number of aliphatic hydroxyl groups is 1. The van der Waals surface area contributed by atoms with Crippen molar-refractivity contribution in [3.8, 4) is 0 Å². The summed E-state index contributed by atoms with van der Waals surface area (Å²) < 4.78 is 73.3. The maximum absolute atomic E-state index is 12.2. The third-order valence-electron chi connectivity index (χ3n) is 6.86. The lowest BCUT2D eigenvalue weighted by Gasteiger charge is -2.33. The number of aliphatic hydroxyl groups excluding tert-OH is 1. The van der Waals surface area contributed by atoms with Crippen molar-refractivity contribution in [3.63, 3.8) is 0 Å². The van der Waals surface area contributed by atoms with Gasteiger partial charge in [0.1, 0.15) is 0 Å². The normalized spacial score (nSPS) is 20.2. The van der Waals surface area contributed by atoms with Gasteiger partial charge in [-0.2, -0.15) is 26.3 Å². The highest BCUT2D eigenvalue weighted by Gasteiger charge is 2.36. The van der Waals surface area contributed by atoms with Crippen LogP contribution in [0.4, 0.5) is 26.3 Å². The van der Waals surface area contributed by atoms with Crippen LogP contribution in [0.3, 0.4) is 0 Å². The second kappa shape index (κ2) is 12.2. The summed E-state index contributed by atoms with van der Waals surface area (Å²) in [5.41, 5.74) is -0.540. The molecule has 9 heteroatoms. The second-order valence-electron chi connectivity index (χ2n) is 9.69. The van der Waals surface area contributed by atoms with Crippen LogP contribution in [0.15, 0.2) is 60.3 Å². The molecule has 0 aliphatic heterocycles. The number of nitrogens with zero attached hydrogens (tertiary/aromatic N) is 1. The minimum absolute atomic E-state index is 0.0131. The molecule has 2 aliphatic carbocycles. The van der Waals surface area contributed by atoms with E-state index in [0.717, 1.165) is 24.8 Å². The number of rotatable bonds is 5. The van der Waals surface area contributed by atoms with Crippen molar-refractivity contribution in [3.05, 3.63) is 82.6 Å². The molecule has 0 spiro atoms. The zero-order valence-corrected chi connectivity index (χ0v) is 20.6. The van der Waals surface area contributed by atoms with Crippen molar-refractivity contribution in [2.24, 2.45) is 5.92 Å². The van der Waals surface area contributed by atoms with Gasteiger partial charge in [-0.1, -0.05) is 36.8 Å². The van der Waals surface area contributed by atoms with Gasteiger partial charge in [0.15, 0.2) is 5.78 Å². The van der Waals surface area contributed by atoms with E-state index in [1.807, 2.05) is 6.08 Å². The Kier molecular flexibility index (Phi) is 9.45. The lowest BCUT2D eigenvalue weighted by atomic mass is 9.78. The Morgan fingerprint density at radius 1 is 0.919 bits per heavy atom. The van der Waals surface area contributed by atoms with Crippen molar-refractivity contribution in [1.29, 1.82) is 0 Å². The maximum atomic E-state index is 12.2. The molecule has 2 aliphatic rings. The third kappa shape index (κ3) is 8.35. The van der Waals surface area contributed by atoms with Crippen LogP contribution >= 0.6 is 0 Å². The van der Waals surface area contributed by atoms with E-state index >= 15 is 0 Å². The van der Waals surface area contributed by atoms with Crippen LogP contribution in [-0.4, -0.2) is 29.4 Å². The van der Waals surface area contributed by atoms with E-state index in [2.05, 4.69) is 42.3 Å². The van der Waals surface area contributed by atoms with E-state index in [1.54, 1.807) is 0 Å². The Hall–Kier alpha value is -2.81. The topological polar surface area (TPSA) is 40.5 Å². The minimum Gasteiger partial charge on any atom is -0.392 e. The molecule has 3 nitrogen and oxygen atoms in total. The van der Waals surface area contributed by atoms with Crippen LogP contribution in [-0.2, 0) is 23.8 Å². The molecular formula is C28H31F6NO2. The zero-order valence-electron chi connectivity index (χ0n) is 20.6. The predicted molar refractivity (Wildman–Crippen MR) is 128 cm³/mol. The van der Waals surface area contributed by atoms with Crippen molar-refractivity contribution in [2.45, 2.75) is 63.4 Å². The fourth-order valence-electron chi connectivity index (χ4n) is 4.98. The zero-order chi connectivity index (χ0) is 27.2. The summed E-state index contributed by atoms with van der Waals surface area (Å²) in [6.45, 7) is 0.218. The molecule has 0 saturated heterocycles. The van der Waals surface area contributed by atoms with Gasteiger partial charge in [0.2, 0.25) is 0 Å². The Morgan fingerprint density at radius 2 is 1.54 bits per heavy atom. The van der Waals surface area contributed by atoms with Gasteiger partial charge in [0.25, 0.3) is 0 Å². The summed E-state index contributed by atoms with van der Waals surface area (Å²) >= 11 is 0. The summed E-state index contributed by atoms with van der Waals surface area (Å²) in [6.07, 6.45) is -0.985. The Balaban J connectivity index is 0.000000214. The molecule has 1 N–H and O–H groups in total. The molecule has 0 bridgehead atoms. The molecule has 0 heterocycles. The molecule has 2 aromatic carbocycles. The molecule has 1 fully saturated rings. The summed E-state index contributed by atoms with van der Waals surface area (Å²) in [5.74, 6) is 1.77. The van der Waals surface area contributed by atoms with Crippen molar-refractivity contribution < 1.29 is 36.2 Å². The van der Waals surface area contributed by atoms with Gasteiger partial charge in [-0.15, -0.1) is 0 Å². The van der Waals surface area contributed by atoms with Gasteiger partial charge in [-0.05, 0) is 66.8 Å². The quantitative estimate of drug-likeness (QED) is 0.413. The Labute approximate surface area is 212 Å². The SMILES string of the molecule is CN(CC1CCCC(c2ccccc2)C1)C1=CC(=O)CC1.OCc1cc(C(F)(F)F)cc(C(F)(F)F)c1. The highest BCUT2D eigenvalue weighted by atomic mass is 19.4. The van der Waals surface area contributed by atoms with E-state index in [-0.39, 0.29) is 6.07 Å². The number of allylic oxidation sites excluding steroid dienone is 2. The fourth-order valence-corrected chi connectivity index (χ4v) is 4.98. The van der Waals surface area contributed by atoms with Crippen LogP contribution in [0, 0.1) is 5.92 Å². The number of ketones is 1. The number of benzene rings is 2. The Morgan fingerprint density at radius 3 is 2.05 bits per heavy atom. The van der Waals surface area contributed by atoms with Gasteiger partial charge in [-0.25, -0.2) is 0 Å². The van der Waals surface area contributed by atoms with Crippen LogP contribution in [0.2, 0.25) is 0 Å². The number of carbonyl (C=O) groups excluding carboxylic acids is 1. The first-order valence-corrected chi connectivity index (χ1v) is 12.3. The lowest BCUT2D eigenvalue weighted by molar-refractivity contribution is -0.143. The molecule has 4 rings (SSSR count). The summed E-state index contributed by atoms with van der Waals surface area (Å²) in [4.78, 5) is 13.7. The number of hydrogen-bond acceptors (Lipinski definition) is 3. The monoisotopic (exact) mass is 527 g/mol. The van der Waals surface area contributed by atoms with Gasteiger partial charge in [-0.3, -0.25) is 4.79 Å². The molecular weight excluding hydrogens is 496 g/mol. The first kappa shape index (κ1) is 28.8. The minimum atomic E-state index is -4.87. The molecule has 1 saturated carbocycles. The first-order chi connectivity index (χ1) is 17.4. The number of hydrogen-bond donors (Lipinski definition) is 1. The lowest BCUT2D eigenvalue weighted by Crippen LogP contribution is -2.28. The van der Waals surface area contributed by atoms with Crippen LogP contribution < -0.4 is 0 Å². The van der Waals surface area contributed by atoms with Crippen LogP contribution in [0.25, 0.3) is 0 Å². The molecule has 0 aromatic heterocycles. The highest BCUT2D eigenvalue weighted by molar-refractivity contribution is 5.92. The molecule has 0 radical (unpaired) electrons. The Bertz CT molecular complexity index is 1050. The summed E-state index contributed by atoms with van der Waals surface area (Å²) in [6, 6.07) is 11.9. The van der Waals surface area contributed by atoms with E-state index in [4.69, 9.17) is 5.11 Å². The van der Waals surface area contributed by atoms with E-state index in [0.29, 0.717) is 24.3 Å². The van der Waals surface area contributed by atoms with Gasteiger partial charge >= 0.3 is 12.4 Å².